The lowest BCUT2D eigenvalue weighted by Gasteiger charge is -2.19. The molecule has 0 fully saturated rings. The zero-order chi connectivity index (χ0) is 49.8. The van der Waals surface area contributed by atoms with Gasteiger partial charge in [-0.2, -0.15) is 0 Å². The van der Waals surface area contributed by atoms with Crippen molar-refractivity contribution in [1.29, 1.82) is 0 Å². The van der Waals surface area contributed by atoms with Crippen LogP contribution in [0.2, 0.25) is 65.5 Å². The summed E-state index contributed by atoms with van der Waals surface area (Å²) in [5.41, 5.74) is 16.1. The fourth-order valence-electron chi connectivity index (χ4n) is 9.76. The van der Waals surface area contributed by atoms with Crippen molar-refractivity contribution >= 4 is 102 Å². The summed E-state index contributed by atoms with van der Waals surface area (Å²) in [7, 11) is -5.87. The van der Waals surface area contributed by atoms with Gasteiger partial charge in [0.25, 0.3) is 0 Å². The van der Waals surface area contributed by atoms with Crippen molar-refractivity contribution in [2.75, 3.05) is 0 Å². The molecule has 70 heavy (non-hydrogen) atoms. The third-order valence-electron chi connectivity index (χ3n) is 13.1. The maximum absolute atomic E-state index is 12.9. The largest absolute Gasteiger partial charge is 0.478 e. The van der Waals surface area contributed by atoms with Crippen molar-refractivity contribution < 1.29 is 19.8 Å². The summed E-state index contributed by atoms with van der Waals surface area (Å²) in [5, 5.41) is 23.4. The molecule has 354 valence electrons. The summed E-state index contributed by atoms with van der Waals surface area (Å²) in [6, 6.07) is 39.5. The highest BCUT2D eigenvalue weighted by atomic mass is 28.3. The van der Waals surface area contributed by atoms with Crippen molar-refractivity contribution in [3.8, 4) is 44.5 Å². The smallest absolute Gasteiger partial charge is 0.335 e. The Labute approximate surface area is 416 Å². The first-order chi connectivity index (χ1) is 33.2. The number of hydrogen-bond donors (Lipinski definition) is 4. The number of nitrogens with one attached hydrogen (secondary N) is 2. The lowest BCUT2D eigenvalue weighted by Crippen LogP contribution is -2.38. The molecule has 0 amide bonds. The standard InChI is InChI=1S/C58H62N4O4Si4/c1-67(2)33-35-13-11-14-37(25-35)53-45-17-18-47(59-45)54(38-15-12-16-43(30-38)69(5,6)7)48-20-22-51(61-48)56(40-29-42(58(65)66)32-44(31-40)70(8,9)10)52-24-23-50(62-52)55(49-21-19-46(53)60-49)39-26-36(34-68(3)4)27-41(28-39)57(63)64/h11-32,59,62,67-68H,33-34H2,1-10H3,(H,63,64)(H,65,66). The second-order valence-corrected chi connectivity index (χ2v) is 38.4. The molecule has 8 nitrogen and oxygen atoms in total. The predicted molar refractivity (Wildman–Crippen MR) is 306 cm³/mol. The van der Waals surface area contributed by atoms with Crippen molar-refractivity contribution in [1.82, 2.24) is 19.9 Å². The summed E-state index contributed by atoms with van der Waals surface area (Å²) < 4.78 is 0. The topological polar surface area (TPSA) is 132 Å². The van der Waals surface area contributed by atoms with Crippen molar-refractivity contribution in [3.05, 3.63) is 154 Å². The van der Waals surface area contributed by atoms with Gasteiger partial charge in [-0.25, -0.2) is 19.6 Å². The summed E-state index contributed by atoms with van der Waals surface area (Å²) in [4.78, 5) is 44.5. The molecule has 0 aliphatic carbocycles. The van der Waals surface area contributed by atoms with Gasteiger partial charge in [-0.15, -0.1) is 0 Å². The lowest BCUT2D eigenvalue weighted by molar-refractivity contribution is 0.0686. The zero-order valence-corrected chi connectivity index (χ0v) is 46.2. The Kier molecular flexibility index (Phi) is 13.0. The minimum atomic E-state index is -2.04. The van der Waals surface area contributed by atoms with Crippen LogP contribution >= 0.6 is 0 Å². The third kappa shape index (κ3) is 9.99. The van der Waals surface area contributed by atoms with E-state index in [1.165, 1.54) is 10.8 Å². The molecule has 0 atom stereocenters. The molecular formula is C58H62N4O4Si4. The monoisotopic (exact) mass is 990 g/mol. The van der Waals surface area contributed by atoms with E-state index in [4.69, 9.17) is 9.97 Å². The average Bonchev–Trinajstić information content (AvgIpc) is 4.14. The molecule has 8 bridgehead atoms. The van der Waals surface area contributed by atoms with E-state index in [-0.39, 0.29) is 11.1 Å². The van der Waals surface area contributed by atoms with Crippen molar-refractivity contribution in [2.45, 2.75) is 77.6 Å². The van der Waals surface area contributed by atoms with Gasteiger partial charge in [0.15, 0.2) is 0 Å². The second-order valence-electron chi connectivity index (χ2n) is 21.8. The molecule has 2 aliphatic rings. The zero-order valence-electron chi connectivity index (χ0n) is 41.9. The molecular weight excluding hydrogens is 929 g/mol. The van der Waals surface area contributed by atoms with Crippen LogP contribution < -0.4 is 10.4 Å². The van der Waals surface area contributed by atoms with Crippen LogP contribution in [-0.4, -0.2) is 75.8 Å². The van der Waals surface area contributed by atoms with Gasteiger partial charge in [0, 0.05) is 61.9 Å². The van der Waals surface area contributed by atoms with Crippen LogP contribution in [0.15, 0.2) is 109 Å². The van der Waals surface area contributed by atoms with Gasteiger partial charge >= 0.3 is 11.9 Å². The molecule has 3 aromatic heterocycles. The number of fused-ring (bicyclic) bond motifs is 8. The van der Waals surface area contributed by atoms with Crippen LogP contribution in [0.5, 0.6) is 0 Å². The number of H-pyrrole nitrogens is 2. The quantitative estimate of drug-likeness (QED) is 0.0902. The lowest BCUT2D eigenvalue weighted by atomic mass is 9.98. The second kappa shape index (κ2) is 18.9. The molecule has 0 saturated heterocycles. The van der Waals surface area contributed by atoms with Crippen LogP contribution in [0.3, 0.4) is 0 Å². The minimum absolute atomic E-state index is 0.221. The predicted octanol–water partition coefficient (Wildman–Crippen LogP) is 12.9. The summed E-state index contributed by atoms with van der Waals surface area (Å²) in [6.07, 6.45) is 8.26. The van der Waals surface area contributed by atoms with E-state index in [1.54, 1.807) is 12.1 Å². The van der Waals surface area contributed by atoms with Crippen molar-refractivity contribution in [3.63, 3.8) is 0 Å². The molecule has 4 aromatic carbocycles. The molecule has 5 heterocycles. The Morgan fingerprint density at radius 3 is 1.30 bits per heavy atom. The fourth-order valence-corrected chi connectivity index (χ4v) is 14.5. The number of hydrogen-bond acceptors (Lipinski definition) is 4. The Morgan fingerprint density at radius 2 is 0.843 bits per heavy atom. The van der Waals surface area contributed by atoms with E-state index in [9.17, 15) is 19.8 Å². The van der Waals surface area contributed by atoms with Gasteiger partial charge in [0.2, 0.25) is 0 Å². The number of nitrogens with zero attached hydrogens (tertiary/aromatic N) is 2. The van der Waals surface area contributed by atoms with Gasteiger partial charge in [0.05, 0.1) is 50.1 Å². The molecule has 12 heteroatoms. The van der Waals surface area contributed by atoms with Gasteiger partial charge in [0.1, 0.15) is 0 Å². The number of carboxylic acid groups (broad SMARTS) is 2. The van der Waals surface area contributed by atoms with E-state index < -0.39 is 45.7 Å². The van der Waals surface area contributed by atoms with Crippen LogP contribution in [0, 0.1) is 0 Å². The number of aromatic carboxylic acids is 2. The molecule has 0 saturated carbocycles. The SMILES string of the molecule is C[SiH](C)Cc1cccc(-c2c3nc(c(-c4cc(C[SiH](C)C)cc(C(=O)O)c4)c4ccc([nH]4)c(-c4cc(C(=O)O)cc([Si](C)(C)C)c4)c4nc(c(-c5cccc([Si](C)(C)C)c5)c5ccc2[nH]5)C=C4)C=C3)c1. The number of aromatic amines is 2. The molecule has 9 rings (SSSR count). The summed E-state index contributed by atoms with van der Waals surface area (Å²) in [5.74, 6) is -1.97. The number of benzene rings is 4. The fraction of sp³-hybridized carbons (Fsp3) is 0.207. The van der Waals surface area contributed by atoms with E-state index in [0.29, 0.717) is 11.4 Å². The van der Waals surface area contributed by atoms with Gasteiger partial charge in [-0.05, 0) is 113 Å². The number of carboxylic acids is 2. The van der Waals surface area contributed by atoms with E-state index >= 15 is 0 Å². The van der Waals surface area contributed by atoms with Crippen LogP contribution in [0.4, 0.5) is 0 Å². The molecule has 0 unspecified atom stereocenters. The average molecular weight is 992 g/mol. The molecule has 7 aromatic rings. The highest BCUT2D eigenvalue weighted by molar-refractivity contribution is 6.89. The molecule has 0 spiro atoms. The first-order valence-corrected chi connectivity index (χ1v) is 37.6. The van der Waals surface area contributed by atoms with Gasteiger partial charge in [-0.1, -0.05) is 142 Å². The van der Waals surface area contributed by atoms with E-state index in [0.717, 1.165) is 101 Å². The van der Waals surface area contributed by atoms with E-state index in [1.807, 2.05) is 36.4 Å². The van der Waals surface area contributed by atoms with Crippen molar-refractivity contribution in [2.24, 2.45) is 0 Å². The highest BCUT2D eigenvalue weighted by Gasteiger charge is 2.25. The first kappa shape index (κ1) is 48.3. The summed E-state index contributed by atoms with van der Waals surface area (Å²) in [6.45, 7) is 23.1. The first-order valence-electron chi connectivity index (χ1n) is 24.3. The normalized spacial score (nSPS) is 12.6. The van der Waals surface area contributed by atoms with Crippen LogP contribution in [0.25, 0.3) is 90.9 Å². The Hall–Kier alpha value is -6.71. The molecule has 4 N–H and O–H groups in total. The molecule has 0 radical (unpaired) electrons. The van der Waals surface area contributed by atoms with Gasteiger partial charge < -0.3 is 20.2 Å². The van der Waals surface area contributed by atoms with Gasteiger partial charge in [-0.3, -0.25) is 0 Å². The number of aromatic nitrogens is 4. The maximum atomic E-state index is 12.9. The number of rotatable bonds is 12. The minimum Gasteiger partial charge on any atom is -0.478 e. The highest BCUT2D eigenvalue weighted by Crippen LogP contribution is 2.39. The number of carbonyl (C=O) groups is 2. The van der Waals surface area contributed by atoms with Crippen LogP contribution in [-0.2, 0) is 12.1 Å². The Morgan fingerprint density at radius 1 is 0.457 bits per heavy atom. The molecule has 2 aliphatic heterocycles. The third-order valence-corrected chi connectivity index (χ3v) is 19.8. The van der Waals surface area contributed by atoms with E-state index in [2.05, 4.69) is 160 Å². The summed E-state index contributed by atoms with van der Waals surface area (Å²) >= 11 is 0. The maximum Gasteiger partial charge on any atom is 0.335 e. The van der Waals surface area contributed by atoms with Crippen LogP contribution in [0.1, 0.15) is 54.6 Å². The Balaban J connectivity index is 1.49. The Bertz CT molecular complexity index is 3500.